The fourth-order valence-electron chi connectivity index (χ4n) is 2.84. The van der Waals surface area contributed by atoms with E-state index in [2.05, 4.69) is 23.5 Å². The third kappa shape index (κ3) is 4.86. The number of rotatable bonds is 5. The van der Waals surface area contributed by atoms with Gasteiger partial charge in [0.1, 0.15) is 12.4 Å². The Morgan fingerprint density at radius 1 is 1.12 bits per heavy atom. The van der Waals surface area contributed by atoms with Gasteiger partial charge >= 0.3 is 6.03 Å². The first kappa shape index (κ1) is 17.1. The predicted octanol–water partition coefficient (Wildman–Crippen LogP) is 3.87. The van der Waals surface area contributed by atoms with Crippen molar-refractivity contribution in [2.24, 2.45) is 0 Å². The van der Waals surface area contributed by atoms with Crippen LogP contribution in [0.5, 0.6) is 5.75 Å². The second-order valence-electron chi connectivity index (χ2n) is 6.18. The van der Waals surface area contributed by atoms with E-state index < -0.39 is 0 Å². The SMILES string of the molecule is Cc1ccc(OCCNC(=O)N2CC=C(c3ccccc3)CC2)cc1. The first-order chi connectivity index (χ1) is 12.2. The standard InChI is InChI=1S/C21H24N2O2/c1-17-7-9-20(10-8-17)25-16-13-22-21(24)23-14-11-19(12-15-23)18-5-3-2-4-6-18/h2-11H,12-16H2,1H3,(H,22,24). The summed E-state index contributed by atoms with van der Waals surface area (Å²) in [5.41, 5.74) is 3.76. The van der Waals surface area contributed by atoms with E-state index in [1.165, 1.54) is 16.7 Å². The molecule has 25 heavy (non-hydrogen) atoms. The summed E-state index contributed by atoms with van der Waals surface area (Å²) < 4.78 is 5.63. The third-order valence-electron chi connectivity index (χ3n) is 4.31. The number of benzene rings is 2. The topological polar surface area (TPSA) is 41.6 Å². The van der Waals surface area contributed by atoms with Gasteiger partial charge in [0, 0.05) is 13.1 Å². The van der Waals surface area contributed by atoms with Crippen LogP contribution in [0.3, 0.4) is 0 Å². The molecule has 0 fully saturated rings. The van der Waals surface area contributed by atoms with Crippen LogP contribution in [0, 0.1) is 6.92 Å². The number of amides is 2. The first-order valence-corrected chi connectivity index (χ1v) is 8.69. The molecule has 0 aliphatic carbocycles. The van der Waals surface area contributed by atoms with Crippen molar-refractivity contribution in [3.05, 3.63) is 71.8 Å². The molecule has 0 saturated heterocycles. The summed E-state index contributed by atoms with van der Waals surface area (Å²) in [5.74, 6) is 0.827. The molecule has 3 rings (SSSR count). The van der Waals surface area contributed by atoms with Crippen LogP contribution >= 0.6 is 0 Å². The maximum atomic E-state index is 12.2. The molecule has 0 aromatic heterocycles. The zero-order chi connectivity index (χ0) is 17.5. The number of hydrogen-bond donors (Lipinski definition) is 1. The molecule has 2 aromatic rings. The van der Waals surface area contributed by atoms with Crippen LogP contribution in [0.1, 0.15) is 17.5 Å². The smallest absolute Gasteiger partial charge is 0.317 e. The average Bonchev–Trinajstić information content (AvgIpc) is 2.67. The summed E-state index contributed by atoms with van der Waals surface area (Å²) >= 11 is 0. The van der Waals surface area contributed by atoms with Gasteiger partial charge < -0.3 is 15.0 Å². The maximum Gasteiger partial charge on any atom is 0.317 e. The summed E-state index contributed by atoms with van der Waals surface area (Å²) in [6, 6.07) is 18.2. The van der Waals surface area contributed by atoms with Crippen molar-refractivity contribution in [3.63, 3.8) is 0 Å². The van der Waals surface area contributed by atoms with Gasteiger partial charge in [0.15, 0.2) is 0 Å². The number of aryl methyl sites for hydroxylation is 1. The van der Waals surface area contributed by atoms with E-state index in [1.807, 2.05) is 54.3 Å². The fourth-order valence-corrected chi connectivity index (χ4v) is 2.84. The lowest BCUT2D eigenvalue weighted by Crippen LogP contribution is -2.43. The highest BCUT2D eigenvalue weighted by Crippen LogP contribution is 2.21. The lowest BCUT2D eigenvalue weighted by molar-refractivity contribution is 0.200. The molecular weight excluding hydrogens is 312 g/mol. The molecule has 1 heterocycles. The lowest BCUT2D eigenvalue weighted by Gasteiger charge is -2.27. The number of nitrogens with zero attached hydrogens (tertiary/aromatic N) is 1. The van der Waals surface area contributed by atoms with E-state index in [1.54, 1.807) is 0 Å². The second-order valence-corrected chi connectivity index (χ2v) is 6.18. The van der Waals surface area contributed by atoms with Crippen molar-refractivity contribution in [1.82, 2.24) is 10.2 Å². The van der Waals surface area contributed by atoms with E-state index >= 15 is 0 Å². The van der Waals surface area contributed by atoms with Gasteiger partial charge in [-0.25, -0.2) is 4.79 Å². The molecule has 2 aromatic carbocycles. The van der Waals surface area contributed by atoms with Gasteiger partial charge in [-0.2, -0.15) is 0 Å². The summed E-state index contributed by atoms with van der Waals surface area (Å²) in [4.78, 5) is 14.1. The Balaban J connectivity index is 1.40. The van der Waals surface area contributed by atoms with Crippen LogP contribution < -0.4 is 10.1 Å². The fraction of sp³-hybridized carbons (Fsp3) is 0.286. The number of carbonyl (C=O) groups is 1. The van der Waals surface area contributed by atoms with E-state index in [0.717, 1.165) is 18.7 Å². The Morgan fingerprint density at radius 3 is 2.56 bits per heavy atom. The van der Waals surface area contributed by atoms with Crippen LogP contribution in [-0.4, -0.2) is 37.2 Å². The lowest BCUT2D eigenvalue weighted by atomic mass is 10.00. The minimum atomic E-state index is -0.0316. The normalized spacial score (nSPS) is 14.0. The average molecular weight is 336 g/mol. The summed E-state index contributed by atoms with van der Waals surface area (Å²) in [6.07, 6.45) is 3.03. The maximum absolute atomic E-state index is 12.2. The second kappa shape index (κ2) is 8.38. The highest BCUT2D eigenvalue weighted by molar-refractivity contribution is 5.76. The van der Waals surface area contributed by atoms with E-state index in [9.17, 15) is 4.79 Å². The third-order valence-corrected chi connectivity index (χ3v) is 4.31. The van der Waals surface area contributed by atoms with Crippen LogP contribution in [0.15, 0.2) is 60.7 Å². The molecule has 1 aliphatic rings. The Hall–Kier alpha value is -2.75. The summed E-state index contributed by atoms with van der Waals surface area (Å²) in [6.45, 7) is 4.40. The van der Waals surface area contributed by atoms with Crippen molar-refractivity contribution in [2.45, 2.75) is 13.3 Å². The number of nitrogens with one attached hydrogen (secondary N) is 1. The van der Waals surface area contributed by atoms with Crippen LogP contribution in [0.4, 0.5) is 4.79 Å². The molecule has 1 aliphatic heterocycles. The Morgan fingerprint density at radius 2 is 1.88 bits per heavy atom. The van der Waals surface area contributed by atoms with Gasteiger partial charge in [-0.15, -0.1) is 0 Å². The number of hydrogen-bond acceptors (Lipinski definition) is 2. The molecule has 0 spiro atoms. The van der Waals surface area contributed by atoms with Gasteiger partial charge in [0.05, 0.1) is 6.54 Å². The summed E-state index contributed by atoms with van der Waals surface area (Å²) in [7, 11) is 0. The number of urea groups is 1. The molecule has 2 amide bonds. The van der Waals surface area contributed by atoms with Gasteiger partial charge in [0.2, 0.25) is 0 Å². The van der Waals surface area contributed by atoms with Gasteiger partial charge in [-0.1, -0.05) is 54.1 Å². The molecule has 0 saturated carbocycles. The van der Waals surface area contributed by atoms with Gasteiger partial charge in [0.25, 0.3) is 0 Å². The van der Waals surface area contributed by atoms with Crippen LogP contribution in [0.2, 0.25) is 0 Å². The Labute approximate surface area is 149 Å². The van der Waals surface area contributed by atoms with E-state index in [4.69, 9.17) is 4.74 Å². The van der Waals surface area contributed by atoms with E-state index in [-0.39, 0.29) is 6.03 Å². The predicted molar refractivity (Wildman–Crippen MR) is 101 cm³/mol. The van der Waals surface area contributed by atoms with E-state index in [0.29, 0.717) is 19.7 Å². The molecule has 0 bridgehead atoms. The molecule has 130 valence electrons. The molecule has 1 N–H and O–H groups in total. The van der Waals surface area contributed by atoms with Crippen molar-refractivity contribution in [1.29, 1.82) is 0 Å². The highest BCUT2D eigenvalue weighted by atomic mass is 16.5. The van der Waals surface area contributed by atoms with Crippen molar-refractivity contribution >= 4 is 11.6 Å². The molecule has 4 heteroatoms. The number of ether oxygens (including phenoxy) is 1. The van der Waals surface area contributed by atoms with Crippen molar-refractivity contribution in [2.75, 3.05) is 26.2 Å². The molecule has 0 unspecified atom stereocenters. The zero-order valence-corrected chi connectivity index (χ0v) is 14.6. The van der Waals surface area contributed by atoms with Gasteiger partial charge in [-0.3, -0.25) is 0 Å². The minimum absolute atomic E-state index is 0.0316. The van der Waals surface area contributed by atoms with Crippen molar-refractivity contribution < 1.29 is 9.53 Å². The largest absolute Gasteiger partial charge is 0.492 e. The Bertz CT molecular complexity index is 723. The molecule has 4 nitrogen and oxygen atoms in total. The van der Waals surface area contributed by atoms with Crippen LogP contribution in [0.25, 0.3) is 5.57 Å². The quantitative estimate of drug-likeness (QED) is 0.842. The van der Waals surface area contributed by atoms with Gasteiger partial charge in [-0.05, 0) is 36.6 Å². The molecule has 0 radical (unpaired) electrons. The molecule has 0 atom stereocenters. The summed E-state index contributed by atoms with van der Waals surface area (Å²) in [5, 5.41) is 2.92. The monoisotopic (exact) mass is 336 g/mol. The Kier molecular flexibility index (Phi) is 5.73. The first-order valence-electron chi connectivity index (χ1n) is 8.69. The highest BCUT2D eigenvalue weighted by Gasteiger charge is 2.17. The van der Waals surface area contributed by atoms with Crippen molar-refractivity contribution in [3.8, 4) is 5.75 Å². The van der Waals surface area contributed by atoms with Crippen LogP contribution in [-0.2, 0) is 0 Å². The number of carbonyl (C=O) groups excluding carboxylic acids is 1. The zero-order valence-electron chi connectivity index (χ0n) is 14.6. The minimum Gasteiger partial charge on any atom is -0.492 e. The molecular formula is C21H24N2O2.